The van der Waals surface area contributed by atoms with Crippen LogP contribution < -0.4 is 0 Å². The molecule has 3 rings (SSSR count). The normalized spacial score (nSPS) is 15.9. The molecule has 1 amide bonds. The molecule has 2 aromatic rings. The van der Waals surface area contributed by atoms with Crippen molar-refractivity contribution in [2.75, 3.05) is 26.2 Å². The largest absolute Gasteiger partial charge is 0.339 e. The first-order chi connectivity index (χ1) is 11.4. The van der Waals surface area contributed by atoms with Crippen LogP contribution in [0.25, 0.3) is 0 Å². The molecule has 0 bridgehead atoms. The second-order valence-corrected chi connectivity index (χ2v) is 7.18. The molecule has 0 N–H and O–H groups in total. The highest BCUT2D eigenvalue weighted by atomic mass is 79.9. The summed E-state index contributed by atoms with van der Waals surface area (Å²) in [6.45, 7) is 8.47. The zero-order valence-electron chi connectivity index (χ0n) is 14.4. The zero-order valence-corrected chi connectivity index (χ0v) is 16.0. The Labute approximate surface area is 150 Å². The monoisotopic (exact) mass is 394 g/mol. The number of hydrogen-bond acceptors (Lipinski definition) is 4. The van der Waals surface area contributed by atoms with Gasteiger partial charge in [0.15, 0.2) is 0 Å². The smallest absolute Gasteiger partial charge is 0.244 e. The van der Waals surface area contributed by atoms with Crippen molar-refractivity contribution in [2.24, 2.45) is 7.05 Å². The predicted molar refractivity (Wildman–Crippen MR) is 94.5 cm³/mol. The minimum atomic E-state index is 0.127. The Morgan fingerprint density at radius 3 is 2.38 bits per heavy atom. The van der Waals surface area contributed by atoms with Gasteiger partial charge in [-0.05, 0) is 29.8 Å². The van der Waals surface area contributed by atoms with Crippen molar-refractivity contribution in [3.05, 3.63) is 33.8 Å². The lowest BCUT2D eigenvalue weighted by atomic mass is 10.2. The Morgan fingerprint density at radius 2 is 1.83 bits per heavy atom. The van der Waals surface area contributed by atoms with E-state index in [-0.39, 0.29) is 5.91 Å². The highest BCUT2D eigenvalue weighted by Gasteiger charge is 2.22. The number of carbonyl (C=O) groups excluding carboxylic acids is 1. The van der Waals surface area contributed by atoms with Crippen LogP contribution in [0.15, 0.2) is 16.9 Å². The Bertz CT molecular complexity index is 710. The fourth-order valence-corrected chi connectivity index (χ4v) is 3.33. The number of aromatic nitrogens is 4. The summed E-state index contributed by atoms with van der Waals surface area (Å²) in [6.07, 6.45) is 3.93. The van der Waals surface area contributed by atoms with Crippen LogP contribution in [-0.4, -0.2) is 61.4 Å². The number of carbonyl (C=O) groups is 1. The van der Waals surface area contributed by atoms with E-state index in [1.165, 1.54) is 5.56 Å². The van der Waals surface area contributed by atoms with E-state index in [0.717, 1.165) is 48.6 Å². The van der Waals surface area contributed by atoms with Crippen molar-refractivity contribution in [1.29, 1.82) is 0 Å². The standard InChI is InChI=1S/C16H23BrN6O/c1-12-14(8-20(3)18-12)9-21-4-6-22(7-5-21)16(24)11-23-10-15(17)13(2)19-23/h8,10H,4-7,9,11H2,1-3H3. The molecule has 2 aromatic heterocycles. The average Bonchev–Trinajstić information content (AvgIpc) is 3.01. The molecule has 3 heterocycles. The lowest BCUT2D eigenvalue weighted by Crippen LogP contribution is -2.49. The number of rotatable bonds is 4. The van der Waals surface area contributed by atoms with E-state index in [1.54, 1.807) is 4.68 Å². The molecule has 8 heteroatoms. The molecule has 0 atom stereocenters. The number of hydrogen-bond donors (Lipinski definition) is 0. The van der Waals surface area contributed by atoms with E-state index >= 15 is 0 Å². The van der Waals surface area contributed by atoms with Crippen LogP contribution >= 0.6 is 15.9 Å². The van der Waals surface area contributed by atoms with Gasteiger partial charge in [0, 0.05) is 57.7 Å². The Kier molecular flexibility index (Phi) is 5.05. The minimum Gasteiger partial charge on any atom is -0.339 e. The van der Waals surface area contributed by atoms with Crippen molar-refractivity contribution in [3.63, 3.8) is 0 Å². The van der Waals surface area contributed by atoms with Crippen LogP contribution in [0, 0.1) is 13.8 Å². The van der Waals surface area contributed by atoms with E-state index in [4.69, 9.17) is 0 Å². The molecule has 130 valence electrons. The SMILES string of the molecule is Cc1nn(CC(=O)N2CCN(Cc3cn(C)nc3C)CC2)cc1Br. The Hall–Kier alpha value is -1.67. The fraction of sp³-hybridized carbons (Fsp3) is 0.562. The molecule has 0 unspecified atom stereocenters. The molecule has 1 fully saturated rings. The third-order valence-electron chi connectivity index (χ3n) is 4.42. The summed E-state index contributed by atoms with van der Waals surface area (Å²) in [5.41, 5.74) is 3.24. The summed E-state index contributed by atoms with van der Waals surface area (Å²) >= 11 is 3.43. The summed E-state index contributed by atoms with van der Waals surface area (Å²) in [5.74, 6) is 0.127. The summed E-state index contributed by atoms with van der Waals surface area (Å²) in [7, 11) is 1.95. The van der Waals surface area contributed by atoms with E-state index in [9.17, 15) is 4.79 Å². The molecule has 0 radical (unpaired) electrons. The molecular formula is C16H23BrN6O. The van der Waals surface area contributed by atoms with Crippen molar-refractivity contribution in [2.45, 2.75) is 26.9 Å². The van der Waals surface area contributed by atoms with Gasteiger partial charge in [-0.15, -0.1) is 0 Å². The predicted octanol–water partition coefficient (Wildman–Crippen LogP) is 1.34. The molecular weight excluding hydrogens is 372 g/mol. The van der Waals surface area contributed by atoms with Gasteiger partial charge in [0.05, 0.1) is 15.9 Å². The fourth-order valence-electron chi connectivity index (χ4n) is 3.01. The lowest BCUT2D eigenvalue weighted by molar-refractivity contribution is -0.133. The van der Waals surface area contributed by atoms with Gasteiger partial charge in [-0.3, -0.25) is 19.1 Å². The molecule has 0 aliphatic carbocycles. The molecule has 0 spiro atoms. The number of halogens is 1. The van der Waals surface area contributed by atoms with Gasteiger partial charge in [0.1, 0.15) is 6.54 Å². The molecule has 24 heavy (non-hydrogen) atoms. The highest BCUT2D eigenvalue weighted by molar-refractivity contribution is 9.10. The molecule has 0 aromatic carbocycles. The van der Waals surface area contributed by atoms with Crippen LogP contribution in [0.3, 0.4) is 0 Å². The van der Waals surface area contributed by atoms with Gasteiger partial charge in [-0.25, -0.2) is 0 Å². The lowest BCUT2D eigenvalue weighted by Gasteiger charge is -2.34. The maximum absolute atomic E-state index is 12.4. The zero-order chi connectivity index (χ0) is 17.3. The Morgan fingerprint density at radius 1 is 1.12 bits per heavy atom. The van der Waals surface area contributed by atoms with Crippen LogP contribution in [0.2, 0.25) is 0 Å². The van der Waals surface area contributed by atoms with Gasteiger partial charge in [0.25, 0.3) is 0 Å². The number of aryl methyl sites for hydroxylation is 3. The Balaban J connectivity index is 1.51. The first-order valence-electron chi connectivity index (χ1n) is 8.11. The van der Waals surface area contributed by atoms with Crippen LogP contribution in [-0.2, 0) is 24.9 Å². The van der Waals surface area contributed by atoms with Crippen molar-refractivity contribution in [1.82, 2.24) is 29.4 Å². The van der Waals surface area contributed by atoms with E-state index < -0.39 is 0 Å². The second kappa shape index (κ2) is 7.06. The quantitative estimate of drug-likeness (QED) is 0.784. The third-order valence-corrected chi connectivity index (χ3v) is 5.20. The minimum absolute atomic E-state index is 0.127. The topological polar surface area (TPSA) is 59.2 Å². The maximum atomic E-state index is 12.4. The molecule has 0 saturated carbocycles. The number of nitrogens with zero attached hydrogens (tertiary/aromatic N) is 6. The second-order valence-electron chi connectivity index (χ2n) is 6.33. The van der Waals surface area contributed by atoms with Gasteiger partial charge >= 0.3 is 0 Å². The maximum Gasteiger partial charge on any atom is 0.244 e. The van der Waals surface area contributed by atoms with Crippen LogP contribution in [0.1, 0.15) is 17.0 Å². The molecule has 1 aliphatic rings. The van der Waals surface area contributed by atoms with Crippen molar-refractivity contribution < 1.29 is 4.79 Å². The highest BCUT2D eigenvalue weighted by Crippen LogP contribution is 2.14. The summed E-state index contributed by atoms with van der Waals surface area (Å²) < 4.78 is 4.49. The van der Waals surface area contributed by atoms with Gasteiger partial charge < -0.3 is 4.90 Å². The average molecular weight is 395 g/mol. The summed E-state index contributed by atoms with van der Waals surface area (Å²) in [5, 5.41) is 8.72. The van der Waals surface area contributed by atoms with Crippen LogP contribution in [0.5, 0.6) is 0 Å². The molecule has 1 saturated heterocycles. The first kappa shape index (κ1) is 17.2. The van der Waals surface area contributed by atoms with Gasteiger partial charge in [-0.1, -0.05) is 0 Å². The first-order valence-corrected chi connectivity index (χ1v) is 8.90. The van der Waals surface area contributed by atoms with E-state index in [1.807, 2.05) is 36.7 Å². The molecule has 1 aliphatic heterocycles. The third kappa shape index (κ3) is 3.87. The number of piperazine rings is 1. The van der Waals surface area contributed by atoms with Crippen LogP contribution in [0.4, 0.5) is 0 Å². The van der Waals surface area contributed by atoms with E-state index in [2.05, 4.69) is 37.2 Å². The van der Waals surface area contributed by atoms with E-state index in [0.29, 0.717) is 6.54 Å². The van der Waals surface area contributed by atoms with Gasteiger partial charge in [-0.2, -0.15) is 10.2 Å². The van der Waals surface area contributed by atoms with Crippen molar-refractivity contribution in [3.8, 4) is 0 Å². The number of amides is 1. The van der Waals surface area contributed by atoms with Crippen molar-refractivity contribution >= 4 is 21.8 Å². The summed E-state index contributed by atoms with van der Waals surface area (Å²) in [6, 6.07) is 0. The molecule has 7 nitrogen and oxygen atoms in total. The van der Waals surface area contributed by atoms with Gasteiger partial charge in [0.2, 0.25) is 5.91 Å². The summed E-state index contributed by atoms with van der Waals surface area (Å²) in [4.78, 5) is 16.7.